The predicted molar refractivity (Wildman–Crippen MR) is 61.3 cm³/mol. The minimum Gasteiger partial charge on any atom is -0.328 e. The van der Waals surface area contributed by atoms with Crippen molar-refractivity contribution in [3.8, 4) is 0 Å². The van der Waals surface area contributed by atoms with Crippen molar-refractivity contribution >= 4 is 33.6 Å². The molecule has 2 heterocycles. The van der Waals surface area contributed by atoms with Gasteiger partial charge in [-0.15, -0.1) is 0 Å². The summed E-state index contributed by atoms with van der Waals surface area (Å²) >= 11 is 2.18. The van der Waals surface area contributed by atoms with Crippen molar-refractivity contribution in [2.75, 3.05) is 0 Å². The molecule has 1 fully saturated rings. The molecule has 1 aliphatic carbocycles. The van der Waals surface area contributed by atoms with Gasteiger partial charge in [0.1, 0.15) is 5.65 Å². The molecule has 1 aliphatic rings. The van der Waals surface area contributed by atoms with E-state index in [4.69, 9.17) is 0 Å². The van der Waals surface area contributed by atoms with E-state index in [1.807, 2.05) is 6.20 Å². The number of nitrogens with zero attached hydrogens (tertiary/aromatic N) is 2. The lowest BCUT2D eigenvalue weighted by Gasteiger charge is -1.98. The van der Waals surface area contributed by atoms with E-state index >= 15 is 0 Å². The van der Waals surface area contributed by atoms with Crippen molar-refractivity contribution in [2.24, 2.45) is 0 Å². The third kappa shape index (κ3) is 1.11. The lowest BCUT2D eigenvalue weighted by Crippen LogP contribution is -2.07. The number of hydrogen-bond acceptors (Lipinski definition) is 2. The Kier molecular flexibility index (Phi) is 1.70. The first-order chi connectivity index (χ1) is 6.77. The van der Waals surface area contributed by atoms with Crippen molar-refractivity contribution in [2.45, 2.75) is 18.9 Å². The van der Waals surface area contributed by atoms with Crippen LogP contribution in [0.5, 0.6) is 0 Å². The number of H-pyrrole nitrogens is 1. The maximum Gasteiger partial charge on any atom is 0.261 e. The van der Waals surface area contributed by atoms with Gasteiger partial charge in [-0.3, -0.25) is 4.79 Å². The van der Waals surface area contributed by atoms with Gasteiger partial charge in [-0.1, -0.05) is 0 Å². The van der Waals surface area contributed by atoms with Crippen LogP contribution >= 0.6 is 22.6 Å². The maximum absolute atomic E-state index is 11.5. The number of aromatic amines is 1. The molecule has 0 unspecified atom stereocenters. The average molecular weight is 301 g/mol. The molecule has 2 aromatic heterocycles. The lowest BCUT2D eigenvalue weighted by molar-refractivity contribution is 0.763. The molecule has 0 saturated heterocycles. The first kappa shape index (κ1) is 8.46. The highest BCUT2D eigenvalue weighted by Crippen LogP contribution is 2.37. The minimum absolute atomic E-state index is 0.0428. The molecule has 0 spiro atoms. The first-order valence-electron chi connectivity index (χ1n) is 4.51. The molecule has 0 radical (unpaired) electrons. The SMILES string of the molecule is O=c1[nH]cnc2c1c(I)cn2C1CC1. The molecule has 4 nitrogen and oxygen atoms in total. The van der Waals surface area contributed by atoms with Gasteiger partial charge in [0.2, 0.25) is 0 Å². The lowest BCUT2D eigenvalue weighted by atomic mass is 10.4. The summed E-state index contributed by atoms with van der Waals surface area (Å²) in [4.78, 5) is 18.4. The van der Waals surface area contributed by atoms with Gasteiger partial charge in [-0.2, -0.15) is 0 Å². The van der Waals surface area contributed by atoms with Crippen LogP contribution < -0.4 is 5.56 Å². The van der Waals surface area contributed by atoms with Crippen LogP contribution in [0.15, 0.2) is 17.3 Å². The maximum atomic E-state index is 11.5. The van der Waals surface area contributed by atoms with E-state index in [0.29, 0.717) is 6.04 Å². The molecule has 0 atom stereocenters. The van der Waals surface area contributed by atoms with E-state index in [-0.39, 0.29) is 5.56 Å². The number of fused-ring (bicyclic) bond motifs is 1. The number of aromatic nitrogens is 3. The Balaban J connectivity index is 2.43. The average Bonchev–Trinajstić information content (AvgIpc) is 2.93. The number of nitrogens with one attached hydrogen (secondary N) is 1. The molecule has 0 aliphatic heterocycles. The van der Waals surface area contributed by atoms with E-state index in [2.05, 4.69) is 37.1 Å². The Bertz CT molecular complexity index is 553. The van der Waals surface area contributed by atoms with Crippen LogP contribution in [0.25, 0.3) is 11.0 Å². The molecule has 0 amide bonds. The first-order valence-corrected chi connectivity index (χ1v) is 5.59. The van der Waals surface area contributed by atoms with Gasteiger partial charge in [0.25, 0.3) is 5.56 Å². The van der Waals surface area contributed by atoms with Gasteiger partial charge in [0, 0.05) is 15.8 Å². The van der Waals surface area contributed by atoms with Crippen LogP contribution in [0, 0.1) is 3.57 Å². The quantitative estimate of drug-likeness (QED) is 0.815. The molecule has 14 heavy (non-hydrogen) atoms. The molecule has 2 aromatic rings. The Hall–Kier alpha value is -0.850. The monoisotopic (exact) mass is 301 g/mol. The summed E-state index contributed by atoms with van der Waals surface area (Å²) in [5.41, 5.74) is 0.777. The molecule has 1 saturated carbocycles. The smallest absolute Gasteiger partial charge is 0.261 e. The fourth-order valence-electron chi connectivity index (χ4n) is 1.68. The third-order valence-corrected chi connectivity index (χ3v) is 3.33. The van der Waals surface area contributed by atoms with Crippen LogP contribution in [0.1, 0.15) is 18.9 Å². The van der Waals surface area contributed by atoms with Crippen LogP contribution in [0.2, 0.25) is 0 Å². The van der Waals surface area contributed by atoms with Gasteiger partial charge in [-0.25, -0.2) is 4.98 Å². The van der Waals surface area contributed by atoms with Crippen molar-refractivity contribution in [1.29, 1.82) is 0 Å². The van der Waals surface area contributed by atoms with E-state index in [1.54, 1.807) is 0 Å². The van der Waals surface area contributed by atoms with Crippen molar-refractivity contribution in [3.05, 3.63) is 26.4 Å². The van der Waals surface area contributed by atoms with Crippen LogP contribution in [-0.4, -0.2) is 14.5 Å². The minimum atomic E-state index is -0.0428. The van der Waals surface area contributed by atoms with Gasteiger partial charge in [0.15, 0.2) is 0 Å². The van der Waals surface area contributed by atoms with E-state index in [0.717, 1.165) is 14.6 Å². The highest BCUT2D eigenvalue weighted by molar-refractivity contribution is 14.1. The van der Waals surface area contributed by atoms with E-state index < -0.39 is 0 Å². The molecule has 72 valence electrons. The Morgan fingerprint density at radius 1 is 1.57 bits per heavy atom. The molecule has 1 N–H and O–H groups in total. The highest BCUT2D eigenvalue weighted by Gasteiger charge is 2.26. The third-order valence-electron chi connectivity index (χ3n) is 2.51. The topological polar surface area (TPSA) is 50.7 Å². The summed E-state index contributed by atoms with van der Waals surface area (Å²) in [6.45, 7) is 0. The molecule has 0 aromatic carbocycles. The van der Waals surface area contributed by atoms with Gasteiger partial charge in [-0.05, 0) is 35.4 Å². The Morgan fingerprint density at radius 2 is 2.36 bits per heavy atom. The van der Waals surface area contributed by atoms with Crippen molar-refractivity contribution < 1.29 is 0 Å². The van der Waals surface area contributed by atoms with Crippen molar-refractivity contribution in [1.82, 2.24) is 14.5 Å². The number of rotatable bonds is 1. The number of halogens is 1. The van der Waals surface area contributed by atoms with E-state index in [9.17, 15) is 4.79 Å². The van der Waals surface area contributed by atoms with Crippen molar-refractivity contribution in [3.63, 3.8) is 0 Å². The summed E-state index contributed by atoms with van der Waals surface area (Å²) in [6, 6.07) is 0.565. The molecule has 3 rings (SSSR count). The van der Waals surface area contributed by atoms with Crippen LogP contribution in [-0.2, 0) is 0 Å². The summed E-state index contributed by atoms with van der Waals surface area (Å²) in [5, 5.41) is 0.722. The standard InChI is InChI=1S/C9H8IN3O/c10-6-3-13(5-1-2-5)8-7(6)9(14)12-4-11-8/h3-5H,1-2H2,(H,11,12,14). The van der Waals surface area contributed by atoms with Gasteiger partial charge < -0.3 is 9.55 Å². The molecular formula is C9H8IN3O. The number of hydrogen-bond donors (Lipinski definition) is 1. The van der Waals surface area contributed by atoms with Gasteiger partial charge >= 0.3 is 0 Å². The van der Waals surface area contributed by atoms with Crippen LogP contribution in [0.4, 0.5) is 0 Å². The predicted octanol–water partition coefficient (Wildman–Crippen LogP) is 1.66. The zero-order chi connectivity index (χ0) is 9.71. The second-order valence-corrected chi connectivity index (χ2v) is 4.71. The van der Waals surface area contributed by atoms with Crippen LogP contribution in [0.3, 0.4) is 0 Å². The molecule has 5 heteroatoms. The van der Waals surface area contributed by atoms with Gasteiger partial charge in [0.05, 0.1) is 11.7 Å². The highest BCUT2D eigenvalue weighted by atomic mass is 127. The zero-order valence-corrected chi connectivity index (χ0v) is 9.48. The molecular weight excluding hydrogens is 293 g/mol. The summed E-state index contributed by atoms with van der Waals surface area (Å²) < 4.78 is 3.10. The van der Waals surface area contributed by atoms with E-state index in [1.165, 1.54) is 19.2 Å². The second kappa shape index (κ2) is 2.82. The fourth-order valence-corrected chi connectivity index (χ4v) is 2.47. The normalized spacial score (nSPS) is 16.4. The molecule has 0 bridgehead atoms. The summed E-state index contributed by atoms with van der Waals surface area (Å²) in [7, 11) is 0. The second-order valence-electron chi connectivity index (χ2n) is 3.55. The summed E-state index contributed by atoms with van der Waals surface area (Å²) in [5.74, 6) is 0. The largest absolute Gasteiger partial charge is 0.328 e. The zero-order valence-electron chi connectivity index (χ0n) is 7.33. The Morgan fingerprint density at radius 3 is 3.07 bits per heavy atom. The Labute approximate surface area is 93.5 Å². The summed E-state index contributed by atoms with van der Waals surface area (Å²) in [6.07, 6.45) is 5.90. The fraction of sp³-hybridized carbons (Fsp3) is 0.333.